The molecule has 2 nitrogen and oxygen atoms in total. The van der Waals surface area contributed by atoms with E-state index in [2.05, 4.69) is 12.2 Å². The zero-order valence-corrected chi connectivity index (χ0v) is 5.55. The van der Waals surface area contributed by atoms with Gasteiger partial charge in [-0.05, 0) is 18.3 Å². The first-order valence-corrected chi connectivity index (χ1v) is 3.46. The van der Waals surface area contributed by atoms with Crippen LogP contribution in [0.4, 0.5) is 0 Å². The first-order valence-electron chi connectivity index (χ1n) is 3.46. The average molecular weight is 125 g/mol. The van der Waals surface area contributed by atoms with E-state index in [1.54, 1.807) is 0 Å². The Kier molecular flexibility index (Phi) is 0.826. The summed E-state index contributed by atoms with van der Waals surface area (Å²) in [6.07, 6.45) is 3.36. The van der Waals surface area contributed by atoms with Gasteiger partial charge in [0.25, 0.3) is 0 Å². The molecule has 2 rings (SSSR count). The lowest BCUT2D eigenvalue weighted by molar-refractivity contribution is -0.109. The van der Waals surface area contributed by atoms with Crippen LogP contribution in [0.5, 0.6) is 0 Å². The SMILES string of the molecule is CC12CC(C=O)NC1C2. The number of carbonyl (C=O) groups excluding carboxylic acids is 1. The molecule has 0 aromatic heterocycles. The van der Waals surface area contributed by atoms with Crippen molar-refractivity contribution in [1.29, 1.82) is 0 Å². The molecule has 1 aliphatic heterocycles. The number of fused-ring (bicyclic) bond motifs is 1. The highest BCUT2D eigenvalue weighted by Gasteiger charge is 2.56. The van der Waals surface area contributed by atoms with Gasteiger partial charge in [-0.2, -0.15) is 0 Å². The van der Waals surface area contributed by atoms with Gasteiger partial charge in [0.05, 0.1) is 6.04 Å². The smallest absolute Gasteiger partial charge is 0.136 e. The second kappa shape index (κ2) is 1.37. The monoisotopic (exact) mass is 125 g/mol. The van der Waals surface area contributed by atoms with Crippen molar-refractivity contribution >= 4 is 6.29 Å². The van der Waals surface area contributed by atoms with Gasteiger partial charge in [-0.1, -0.05) is 6.92 Å². The van der Waals surface area contributed by atoms with Crippen molar-refractivity contribution in [2.24, 2.45) is 5.41 Å². The Morgan fingerprint density at radius 1 is 1.67 bits per heavy atom. The fourth-order valence-corrected chi connectivity index (χ4v) is 1.80. The zero-order valence-electron chi connectivity index (χ0n) is 5.55. The van der Waals surface area contributed by atoms with E-state index in [1.807, 2.05) is 0 Å². The third-order valence-electron chi connectivity index (χ3n) is 2.62. The van der Waals surface area contributed by atoms with Crippen LogP contribution >= 0.6 is 0 Å². The predicted molar refractivity (Wildman–Crippen MR) is 34.1 cm³/mol. The molecule has 0 aromatic rings. The van der Waals surface area contributed by atoms with Gasteiger partial charge in [0.1, 0.15) is 6.29 Å². The van der Waals surface area contributed by atoms with Crippen molar-refractivity contribution < 1.29 is 4.79 Å². The van der Waals surface area contributed by atoms with E-state index in [-0.39, 0.29) is 6.04 Å². The van der Waals surface area contributed by atoms with Crippen molar-refractivity contribution in [3.05, 3.63) is 0 Å². The first kappa shape index (κ1) is 5.42. The van der Waals surface area contributed by atoms with E-state index >= 15 is 0 Å². The van der Waals surface area contributed by atoms with E-state index < -0.39 is 0 Å². The molecular weight excluding hydrogens is 114 g/mol. The van der Waals surface area contributed by atoms with E-state index in [9.17, 15) is 4.79 Å². The van der Waals surface area contributed by atoms with Crippen molar-refractivity contribution in [2.75, 3.05) is 0 Å². The molecule has 0 spiro atoms. The Hall–Kier alpha value is -0.370. The van der Waals surface area contributed by atoms with Crippen molar-refractivity contribution in [2.45, 2.75) is 31.8 Å². The molecule has 50 valence electrons. The summed E-state index contributed by atoms with van der Waals surface area (Å²) < 4.78 is 0. The topological polar surface area (TPSA) is 29.1 Å². The number of carbonyl (C=O) groups is 1. The van der Waals surface area contributed by atoms with E-state index in [0.717, 1.165) is 12.7 Å². The molecule has 3 atom stereocenters. The summed E-state index contributed by atoms with van der Waals surface area (Å²) >= 11 is 0. The number of piperidine rings is 1. The number of aldehydes is 1. The minimum absolute atomic E-state index is 0.161. The lowest BCUT2D eigenvalue weighted by Crippen LogP contribution is -2.26. The Morgan fingerprint density at radius 2 is 2.44 bits per heavy atom. The Morgan fingerprint density at radius 3 is 2.78 bits per heavy atom. The third-order valence-corrected chi connectivity index (χ3v) is 2.62. The minimum atomic E-state index is 0.161. The number of hydrogen-bond donors (Lipinski definition) is 1. The summed E-state index contributed by atoms with van der Waals surface area (Å²) in [5.41, 5.74) is 0.492. The molecule has 2 aliphatic rings. The van der Waals surface area contributed by atoms with Crippen LogP contribution in [0.2, 0.25) is 0 Å². The van der Waals surface area contributed by atoms with Crippen LogP contribution in [0, 0.1) is 5.41 Å². The molecule has 2 fully saturated rings. The third kappa shape index (κ3) is 0.628. The van der Waals surface area contributed by atoms with Crippen molar-refractivity contribution in [3.63, 3.8) is 0 Å². The standard InChI is InChI=1S/C7H11NO/c1-7-2-5(4-9)8-6(7)3-7/h4-6,8H,2-3H2,1H3. The van der Waals surface area contributed by atoms with Gasteiger partial charge in [-0.25, -0.2) is 0 Å². The average Bonchev–Trinajstić information content (AvgIpc) is 2.33. The van der Waals surface area contributed by atoms with Gasteiger partial charge in [-0.3, -0.25) is 0 Å². The van der Waals surface area contributed by atoms with Crippen LogP contribution in [-0.2, 0) is 4.79 Å². The normalized spacial score (nSPS) is 54.8. The maximum atomic E-state index is 10.3. The molecule has 0 bridgehead atoms. The van der Waals surface area contributed by atoms with Crippen LogP contribution in [0.3, 0.4) is 0 Å². The number of nitrogens with one attached hydrogen (secondary N) is 1. The zero-order chi connectivity index (χ0) is 6.48. The van der Waals surface area contributed by atoms with Gasteiger partial charge in [-0.15, -0.1) is 0 Å². The Labute approximate surface area is 54.6 Å². The Balaban J connectivity index is 2.05. The number of hydrogen-bond acceptors (Lipinski definition) is 2. The maximum absolute atomic E-state index is 10.3. The van der Waals surface area contributed by atoms with E-state index in [1.165, 1.54) is 6.42 Å². The molecule has 1 aliphatic carbocycles. The molecule has 3 unspecified atom stereocenters. The van der Waals surface area contributed by atoms with Gasteiger partial charge in [0.15, 0.2) is 0 Å². The van der Waals surface area contributed by atoms with Gasteiger partial charge in [0, 0.05) is 6.04 Å². The summed E-state index contributed by atoms with van der Waals surface area (Å²) in [5.74, 6) is 0. The van der Waals surface area contributed by atoms with Crippen LogP contribution in [0.15, 0.2) is 0 Å². The first-order chi connectivity index (χ1) is 4.24. The molecule has 0 radical (unpaired) electrons. The fraction of sp³-hybridized carbons (Fsp3) is 0.857. The summed E-state index contributed by atoms with van der Waals surface area (Å²) in [4.78, 5) is 10.3. The molecule has 1 N–H and O–H groups in total. The second-order valence-electron chi connectivity index (χ2n) is 3.52. The highest BCUT2D eigenvalue weighted by molar-refractivity contribution is 5.59. The summed E-state index contributed by atoms with van der Waals surface area (Å²) in [7, 11) is 0. The van der Waals surface area contributed by atoms with Crippen molar-refractivity contribution in [3.8, 4) is 0 Å². The minimum Gasteiger partial charge on any atom is -0.304 e. The lowest BCUT2D eigenvalue weighted by Gasteiger charge is -2.03. The largest absolute Gasteiger partial charge is 0.304 e. The number of rotatable bonds is 1. The van der Waals surface area contributed by atoms with Gasteiger partial charge in [0.2, 0.25) is 0 Å². The molecule has 0 amide bonds. The van der Waals surface area contributed by atoms with Gasteiger partial charge >= 0.3 is 0 Å². The highest BCUT2D eigenvalue weighted by Crippen LogP contribution is 2.53. The quantitative estimate of drug-likeness (QED) is 0.511. The van der Waals surface area contributed by atoms with Crippen LogP contribution in [0.1, 0.15) is 19.8 Å². The summed E-state index contributed by atoms with van der Waals surface area (Å²) in [5, 5.41) is 3.25. The Bertz CT molecular complexity index is 157. The maximum Gasteiger partial charge on any atom is 0.136 e. The van der Waals surface area contributed by atoms with Crippen LogP contribution in [-0.4, -0.2) is 18.4 Å². The molecule has 2 heteroatoms. The van der Waals surface area contributed by atoms with Crippen molar-refractivity contribution in [1.82, 2.24) is 5.32 Å². The predicted octanol–water partition coefficient (Wildman–Crippen LogP) is 0.326. The fourth-order valence-electron chi connectivity index (χ4n) is 1.80. The van der Waals surface area contributed by atoms with E-state index in [4.69, 9.17) is 0 Å². The molecule has 1 saturated carbocycles. The van der Waals surface area contributed by atoms with Crippen LogP contribution in [0.25, 0.3) is 0 Å². The summed E-state index contributed by atoms with van der Waals surface area (Å²) in [6, 6.07) is 0.821. The summed E-state index contributed by atoms with van der Waals surface area (Å²) in [6.45, 7) is 2.24. The van der Waals surface area contributed by atoms with Crippen LogP contribution < -0.4 is 5.32 Å². The molecule has 0 aromatic carbocycles. The van der Waals surface area contributed by atoms with Gasteiger partial charge < -0.3 is 10.1 Å². The van der Waals surface area contributed by atoms with E-state index in [0.29, 0.717) is 11.5 Å². The second-order valence-corrected chi connectivity index (χ2v) is 3.52. The molecule has 9 heavy (non-hydrogen) atoms. The molecule has 1 heterocycles. The molecule has 1 saturated heterocycles. The highest BCUT2D eigenvalue weighted by atomic mass is 16.1. The lowest BCUT2D eigenvalue weighted by atomic mass is 10.0. The molecular formula is C7H11NO.